The largest absolute Gasteiger partial charge is 0.495 e. The van der Waals surface area contributed by atoms with Gasteiger partial charge in [-0.15, -0.1) is 0 Å². The fourth-order valence-corrected chi connectivity index (χ4v) is 3.70. The molecule has 166 valence electrons. The second-order valence-corrected chi connectivity index (χ2v) is 7.68. The van der Waals surface area contributed by atoms with E-state index in [1.807, 2.05) is 18.2 Å². The molecule has 0 aliphatic rings. The zero-order valence-electron chi connectivity index (χ0n) is 17.9. The number of nitriles is 1. The van der Waals surface area contributed by atoms with Gasteiger partial charge >= 0.3 is 0 Å². The van der Waals surface area contributed by atoms with Gasteiger partial charge in [-0.3, -0.25) is 9.78 Å². The standard InChI is InChI=1S/C25H21ClN4O3/c1-32-22-13-20(4-2-18(22)14-27)29-15-19-12-17-3-5-21(23(26)24(17)30-25(19)31)33-11-8-16-6-9-28-10-7-16/h2-7,9-10,12-13,29H,8,11,15H2,1H3,(H,30,31). The van der Waals surface area contributed by atoms with Gasteiger partial charge in [-0.2, -0.15) is 5.26 Å². The minimum absolute atomic E-state index is 0.244. The molecule has 0 spiro atoms. The molecular weight excluding hydrogens is 440 g/mol. The number of methoxy groups -OCH3 is 1. The predicted molar refractivity (Wildman–Crippen MR) is 128 cm³/mol. The Balaban J connectivity index is 1.49. The maximum atomic E-state index is 12.7. The molecule has 0 amide bonds. The third-order valence-corrected chi connectivity index (χ3v) is 5.58. The second-order valence-electron chi connectivity index (χ2n) is 7.30. The minimum Gasteiger partial charge on any atom is -0.495 e. The van der Waals surface area contributed by atoms with Gasteiger partial charge in [-0.05, 0) is 48.0 Å². The average molecular weight is 461 g/mol. The van der Waals surface area contributed by atoms with Crippen LogP contribution in [0.4, 0.5) is 5.69 Å². The maximum Gasteiger partial charge on any atom is 0.253 e. The molecule has 33 heavy (non-hydrogen) atoms. The number of ether oxygens (including phenoxy) is 2. The number of hydrogen-bond donors (Lipinski definition) is 2. The van der Waals surface area contributed by atoms with E-state index in [2.05, 4.69) is 21.4 Å². The van der Waals surface area contributed by atoms with E-state index < -0.39 is 0 Å². The van der Waals surface area contributed by atoms with Crippen molar-refractivity contribution in [2.24, 2.45) is 0 Å². The highest BCUT2D eigenvalue weighted by atomic mass is 35.5. The van der Waals surface area contributed by atoms with Crippen LogP contribution in [0.2, 0.25) is 5.02 Å². The van der Waals surface area contributed by atoms with Crippen LogP contribution in [0, 0.1) is 11.3 Å². The molecular formula is C25H21ClN4O3. The van der Waals surface area contributed by atoms with Crippen LogP contribution in [0.1, 0.15) is 16.7 Å². The Kier molecular flexibility index (Phi) is 6.77. The predicted octanol–water partition coefficient (Wildman–Crippen LogP) is 4.69. The molecule has 7 nitrogen and oxygen atoms in total. The summed E-state index contributed by atoms with van der Waals surface area (Å²) in [4.78, 5) is 19.5. The summed E-state index contributed by atoms with van der Waals surface area (Å²) in [6.07, 6.45) is 4.21. The lowest BCUT2D eigenvalue weighted by atomic mass is 10.1. The molecule has 8 heteroatoms. The highest BCUT2D eigenvalue weighted by Crippen LogP contribution is 2.31. The van der Waals surface area contributed by atoms with Crippen LogP contribution in [0.3, 0.4) is 0 Å². The molecule has 0 saturated carbocycles. The van der Waals surface area contributed by atoms with Crippen LogP contribution in [0.15, 0.2) is 65.7 Å². The van der Waals surface area contributed by atoms with Crippen molar-refractivity contribution < 1.29 is 9.47 Å². The van der Waals surface area contributed by atoms with Crippen molar-refractivity contribution >= 4 is 28.2 Å². The van der Waals surface area contributed by atoms with Gasteiger partial charge in [0.25, 0.3) is 5.56 Å². The van der Waals surface area contributed by atoms with E-state index in [1.54, 1.807) is 42.7 Å². The Morgan fingerprint density at radius 2 is 1.94 bits per heavy atom. The molecule has 2 aromatic carbocycles. The summed E-state index contributed by atoms with van der Waals surface area (Å²) in [6, 6.07) is 16.6. The summed E-state index contributed by atoms with van der Waals surface area (Å²) < 4.78 is 11.1. The Labute approximate surface area is 195 Å². The number of halogens is 1. The number of nitrogens with one attached hydrogen (secondary N) is 2. The van der Waals surface area contributed by atoms with Crippen molar-refractivity contribution in [3.8, 4) is 17.6 Å². The smallest absolute Gasteiger partial charge is 0.253 e. The van der Waals surface area contributed by atoms with E-state index in [1.165, 1.54) is 7.11 Å². The monoisotopic (exact) mass is 460 g/mol. The van der Waals surface area contributed by atoms with Crippen molar-refractivity contribution in [2.75, 3.05) is 19.0 Å². The lowest BCUT2D eigenvalue weighted by Gasteiger charge is -2.12. The fourth-order valence-electron chi connectivity index (χ4n) is 3.43. The summed E-state index contributed by atoms with van der Waals surface area (Å²) in [5.41, 5.74) is 3.14. The van der Waals surface area contributed by atoms with Crippen molar-refractivity contribution in [2.45, 2.75) is 13.0 Å². The van der Waals surface area contributed by atoms with E-state index in [0.717, 1.165) is 23.1 Å². The molecule has 0 saturated heterocycles. The number of benzene rings is 2. The van der Waals surface area contributed by atoms with Crippen molar-refractivity contribution in [3.05, 3.63) is 93.0 Å². The number of hydrogen-bond acceptors (Lipinski definition) is 6. The van der Waals surface area contributed by atoms with Gasteiger partial charge < -0.3 is 19.8 Å². The number of aromatic nitrogens is 2. The Morgan fingerprint density at radius 1 is 1.12 bits per heavy atom. The van der Waals surface area contributed by atoms with E-state index >= 15 is 0 Å². The fraction of sp³-hybridized carbons (Fsp3) is 0.160. The quantitative estimate of drug-likeness (QED) is 0.395. The topological polar surface area (TPSA) is 100 Å². The average Bonchev–Trinajstić information content (AvgIpc) is 2.85. The maximum absolute atomic E-state index is 12.7. The number of pyridine rings is 2. The van der Waals surface area contributed by atoms with Gasteiger partial charge in [0.2, 0.25) is 0 Å². The SMILES string of the molecule is COc1cc(NCc2cc3ccc(OCCc4ccncc4)c(Cl)c3[nH]c2=O)ccc1C#N. The molecule has 2 heterocycles. The summed E-state index contributed by atoms with van der Waals surface area (Å²) in [6.45, 7) is 0.748. The molecule has 0 unspecified atom stereocenters. The number of aromatic amines is 1. The van der Waals surface area contributed by atoms with Crippen molar-refractivity contribution in [1.82, 2.24) is 9.97 Å². The first-order valence-corrected chi connectivity index (χ1v) is 10.6. The van der Waals surface area contributed by atoms with Crippen molar-refractivity contribution in [3.63, 3.8) is 0 Å². The van der Waals surface area contributed by atoms with Crippen LogP contribution in [-0.2, 0) is 13.0 Å². The molecule has 0 radical (unpaired) electrons. The number of anilines is 1. The Hall–Kier alpha value is -4.02. The third-order valence-electron chi connectivity index (χ3n) is 5.20. The first-order chi connectivity index (χ1) is 16.1. The number of rotatable bonds is 8. The second kappa shape index (κ2) is 10.1. The summed E-state index contributed by atoms with van der Waals surface area (Å²) in [7, 11) is 1.51. The third kappa shape index (κ3) is 5.08. The molecule has 2 aromatic heterocycles. The van der Waals surface area contributed by atoms with E-state index in [4.69, 9.17) is 26.3 Å². The number of fused-ring (bicyclic) bond motifs is 1. The molecule has 4 rings (SSSR count). The summed E-state index contributed by atoms with van der Waals surface area (Å²) in [5.74, 6) is 0.989. The highest BCUT2D eigenvalue weighted by Gasteiger charge is 2.11. The van der Waals surface area contributed by atoms with Crippen LogP contribution < -0.4 is 20.3 Å². The van der Waals surface area contributed by atoms with E-state index in [9.17, 15) is 4.79 Å². The van der Waals surface area contributed by atoms with E-state index in [-0.39, 0.29) is 5.56 Å². The molecule has 0 atom stereocenters. The zero-order chi connectivity index (χ0) is 23.2. The molecule has 0 bridgehead atoms. The lowest BCUT2D eigenvalue weighted by molar-refractivity contribution is 0.322. The van der Waals surface area contributed by atoms with E-state index in [0.29, 0.717) is 46.3 Å². The molecule has 4 aromatic rings. The first kappa shape index (κ1) is 22.2. The highest BCUT2D eigenvalue weighted by molar-refractivity contribution is 6.36. The number of nitrogens with zero attached hydrogens (tertiary/aromatic N) is 2. The summed E-state index contributed by atoms with van der Waals surface area (Å²) in [5, 5.41) is 13.5. The Morgan fingerprint density at radius 3 is 2.70 bits per heavy atom. The van der Waals surface area contributed by atoms with Gasteiger partial charge in [0.05, 0.1) is 24.8 Å². The number of H-pyrrole nitrogens is 1. The zero-order valence-corrected chi connectivity index (χ0v) is 18.6. The summed E-state index contributed by atoms with van der Waals surface area (Å²) >= 11 is 6.52. The molecule has 0 aliphatic carbocycles. The minimum atomic E-state index is -0.244. The molecule has 2 N–H and O–H groups in total. The van der Waals surface area contributed by atoms with Crippen LogP contribution in [0.25, 0.3) is 10.9 Å². The van der Waals surface area contributed by atoms with Gasteiger partial charge in [-0.1, -0.05) is 11.6 Å². The van der Waals surface area contributed by atoms with Crippen LogP contribution in [-0.4, -0.2) is 23.7 Å². The molecule has 0 aliphatic heterocycles. The van der Waals surface area contributed by atoms with Gasteiger partial charge in [0.1, 0.15) is 22.6 Å². The molecule has 0 fully saturated rings. The van der Waals surface area contributed by atoms with Gasteiger partial charge in [0.15, 0.2) is 0 Å². The van der Waals surface area contributed by atoms with Gasteiger partial charge in [0, 0.05) is 48.1 Å². The van der Waals surface area contributed by atoms with Crippen molar-refractivity contribution in [1.29, 1.82) is 5.26 Å². The first-order valence-electron chi connectivity index (χ1n) is 10.3. The Bertz CT molecular complexity index is 1380. The van der Waals surface area contributed by atoms with Crippen LogP contribution >= 0.6 is 11.6 Å². The normalized spacial score (nSPS) is 10.6. The lowest BCUT2D eigenvalue weighted by Crippen LogP contribution is -2.16. The van der Waals surface area contributed by atoms with Gasteiger partial charge in [-0.25, -0.2) is 0 Å². The van der Waals surface area contributed by atoms with Crippen LogP contribution in [0.5, 0.6) is 11.5 Å².